The lowest BCUT2D eigenvalue weighted by atomic mass is 10.1. The van der Waals surface area contributed by atoms with Gasteiger partial charge in [0.25, 0.3) is 0 Å². The highest BCUT2D eigenvalue weighted by Crippen LogP contribution is 2.16. The first-order valence-electron chi connectivity index (χ1n) is 4.31. The topological polar surface area (TPSA) is 69.4 Å². The van der Waals surface area contributed by atoms with Gasteiger partial charge in [0.2, 0.25) is 0 Å². The summed E-state index contributed by atoms with van der Waals surface area (Å²) in [7, 11) is 0. The minimum absolute atomic E-state index is 0.295. The predicted octanol–water partition coefficient (Wildman–Crippen LogP) is 0.788. The quantitative estimate of drug-likeness (QED) is 0.705. The highest BCUT2D eigenvalue weighted by molar-refractivity contribution is 5.84. The standard InChI is InChI=1S/C8H12F3NO3/c1-2-5(12)6(13)3-4-15-7(14)8(9,10)11/h5H,2-4,12H2,1H3. The Balaban J connectivity index is 3.81. The van der Waals surface area contributed by atoms with Gasteiger partial charge in [-0.2, -0.15) is 13.2 Å². The summed E-state index contributed by atoms with van der Waals surface area (Å²) in [6.07, 6.45) is -4.92. The minimum Gasteiger partial charge on any atom is -0.459 e. The van der Waals surface area contributed by atoms with Crippen LogP contribution in [-0.4, -0.2) is 30.6 Å². The third kappa shape index (κ3) is 5.36. The Morgan fingerprint density at radius 1 is 1.40 bits per heavy atom. The van der Waals surface area contributed by atoms with Crippen LogP contribution in [0.15, 0.2) is 0 Å². The van der Waals surface area contributed by atoms with E-state index in [1.807, 2.05) is 0 Å². The summed E-state index contributed by atoms with van der Waals surface area (Å²) in [4.78, 5) is 21.2. The van der Waals surface area contributed by atoms with Crippen LogP contribution in [0.1, 0.15) is 19.8 Å². The number of hydrogen-bond donors (Lipinski definition) is 1. The van der Waals surface area contributed by atoms with Crippen LogP contribution < -0.4 is 5.73 Å². The fraction of sp³-hybridized carbons (Fsp3) is 0.750. The van der Waals surface area contributed by atoms with E-state index in [0.717, 1.165) is 0 Å². The molecule has 4 nitrogen and oxygen atoms in total. The van der Waals surface area contributed by atoms with Gasteiger partial charge in [-0.25, -0.2) is 4.79 Å². The molecule has 0 aromatic rings. The zero-order chi connectivity index (χ0) is 12.1. The SMILES string of the molecule is CCC(N)C(=O)CCOC(=O)C(F)(F)F. The number of carbonyl (C=O) groups is 2. The van der Waals surface area contributed by atoms with Crippen LogP contribution in [0.3, 0.4) is 0 Å². The van der Waals surface area contributed by atoms with Crippen LogP contribution in [0.4, 0.5) is 13.2 Å². The van der Waals surface area contributed by atoms with Crippen molar-refractivity contribution in [3.05, 3.63) is 0 Å². The fourth-order valence-corrected chi connectivity index (χ4v) is 0.739. The molecule has 1 unspecified atom stereocenters. The highest BCUT2D eigenvalue weighted by Gasteiger charge is 2.40. The molecule has 0 amide bonds. The number of ether oxygens (including phenoxy) is 1. The molecule has 0 bridgehead atoms. The number of alkyl halides is 3. The second-order valence-corrected chi connectivity index (χ2v) is 2.86. The normalized spacial score (nSPS) is 13.4. The Hall–Kier alpha value is -1.11. The number of hydrogen-bond acceptors (Lipinski definition) is 4. The summed E-state index contributed by atoms with van der Waals surface area (Å²) >= 11 is 0. The molecule has 0 aliphatic carbocycles. The molecule has 0 fully saturated rings. The van der Waals surface area contributed by atoms with Crippen molar-refractivity contribution in [2.75, 3.05) is 6.61 Å². The van der Waals surface area contributed by atoms with Crippen molar-refractivity contribution in [3.8, 4) is 0 Å². The molecular weight excluding hydrogens is 215 g/mol. The van der Waals surface area contributed by atoms with Crippen molar-refractivity contribution < 1.29 is 27.5 Å². The Morgan fingerprint density at radius 2 is 1.93 bits per heavy atom. The molecule has 15 heavy (non-hydrogen) atoms. The number of ketones is 1. The van der Waals surface area contributed by atoms with E-state index in [1.54, 1.807) is 6.92 Å². The molecule has 0 aliphatic rings. The molecule has 0 aromatic heterocycles. The maximum Gasteiger partial charge on any atom is 0.490 e. The van der Waals surface area contributed by atoms with Crippen LogP contribution >= 0.6 is 0 Å². The van der Waals surface area contributed by atoms with Crippen LogP contribution in [0.2, 0.25) is 0 Å². The van der Waals surface area contributed by atoms with E-state index < -0.39 is 30.6 Å². The Labute approximate surface area is 84.6 Å². The number of esters is 1. The maximum absolute atomic E-state index is 11.6. The van der Waals surface area contributed by atoms with E-state index in [2.05, 4.69) is 4.74 Å². The van der Waals surface area contributed by atoms with Crippen LogP contribution in [0, 0.1) is 0 Å². The lowest BCUT2D eigenvalue weighted by molar-refractivity contribution is -0.199. The van der Waals surface area contributed by atoms with Gasteiger partial charge in [0, 0.05) is 6.42 Å². The summed E-state index contributed by atoms with van der Waals surface area (Å²) in [6.45, 7) is 1.08. The molecule has 0 aliphatic heterocycles. The summed E-state index contributed by atoms with van der Waals surface area (Å²) in [6, 6.07) is -0.713. The number of rotatable bonds is 5. The van der Waals surface area contributed by atoms with Gasteiger partial charge in [-0.1, -0.05) is 6.92 Å². The van der Waals surface area contributed by atoms with Gasteiger partial charge in [-0.15, -0.1) is 0 Å². The Kier molecular flexibility index (Phi) is 5.27. The Morgan fingerprint density at radius 3 is 2.33 bits per heavy atom. The number of halogens is 3. The molecule has 88 valence electrons. The third-order valence-electron chi connectivity index (χ3n) is 1.67. The van der Waals surface area contributed by atoms with Crippen molar-refractivity contribution in [3.63, 3.8) is 0 Å². The first-order valence-corrected chi connectivity index (χ1v) is 4.31. The molecule has 0 saturated heterocycles. The second-order valence-electron chi connectivity index (χ2n) is 2.86. The first kappa shape index (κ1) is 13.9. The molecule has 1 atom stereocenters. The molecule has 7 heteroatoms. The number of Topliss-reactive ketones (excluding diaryl/α,β-unsaturated/α-hetero) is 1. The van der Waals surface area contributed by atoms with E-state index >= 15 is 0 Å². The van der Waals surface area contributed by atoms with E-state index in [4.69, 9.17) is 5.73 Å². The predicted molar refractivity (Wildman–Crippen MR) is 44.9 cm³/mol. The van der Waals surface area contributed by atoms with Gasteiger partial charge in [-0.3, -0.25) is 4.79 Å². The number of carbonyl (C=O) groups excluding carboxylic acids is 2. The monoisotopic (exact) mass is 227 g/mol. The van der Waals surface area contributed by atoms with Crippen LogP contribution in [0.5, 0.6) is 0 Å². The van der Waals surface area contributed by atoms with Crippen molar-refractivity contribution in [2.45, 2.75) is 32.0 Å². The van der Waals surface area contributed by atoms with Gasteiger partial charge < -0.3 is 10.5 Å². The van der Waals surface area contributed by atoms with Crippen LogP contribution in [-0.2, 0) is 14.3 Å². The van der Waals surface area contributed by atoms with Gasteiger partial charge in [-0.05, 0) is 6.42 Å². The molecule has 0 spiro atoms. The molecule has 0 radical (unpaired) electrons. The summed E-state index contributed by atoms with van der Waals surface area (Å²) in [5.41, 5.74) is 5.31. The molecule has 0 saturated carbocycles. The zero-order valence-electron chi connectivity index (χ0n) is 8.13. The van der Waals surface area contributed by atoms with E-state index in [9.17, 15) is 22.8 Å². The molecule has 0 aromatic carbocycles. The van der Waals surface area contributed by atoms with E-state index in [1.165, 1.54) is 0 Å². The second kappa shape index (κ2) is 5.69. The van der Waals surface area contributed by atoms with Crippen molar-refractivity contribution >= 4 is 11.8 Å². The van der Waals surface area contributed by atoms with Crippen molar-refractivity contribution in [1.82, 2.24) is 0 Å². The number of nitrogens with two attached hydrogens (primary N) is 1. The average Bonchev–Trinajstić information content (AvgIpc) is 2.14. The molecule has 0 heterocycles. The summed E-state index contributed by atoms with van der Waals surface area (Å²) in [5.74, 6) is -2.71. The zero-order valence-corrected chi connectivity index (χ0v) is 8.13. The summed E-state index contributed by atoms with van der Waals surface area (Å²) in [5, 5.41) is 0. The first-order chi connectivity index (χ1) is 6.79. The smallest absolute Gasteiger partial charge is 0.459 e. The molecular formula is C8H12F3NO3. The fourth-order valence-electron chi connectivity index (χ4n) is 0.739. The largest absolute Gasteiger partial charge is 0.490 e. The van der Waals surface area contributed by atoms with E-state index in [0.29, 0.717) is 6.42 Å². The van der Waals surface area contributed by atoms with Crippen LogP contribution in [0.25, 0.3) is 0 Å². The van der Waals surface area contributed by atoms with Gasteiger partial charge in [0.15, 0.2) is 5.78 Å². The van der Waals surface area contributed by atoms with Crippen molar-refractivity contribution in [2.24, 2.45) is 5.73 Å². The van der Waals surface area contributed by atoms with Gasteiger partial charge in [0.1, 0.15) is 0 Å². The van der Waals surface area contributed by atoms with Crippen molar-refractivity contribution in [1.29, 1.82) is 0 Å². The minimum atomic E-state index is -5.02. The lowest BCUT2D eigenvalue weighted by Gasteiger charge is -2.09. The lowest BCUT2D eigenvalue weighted by Crippen LogP contribution is -2.31. The average molecular weight is 227 g/mol. The van der Waals surface area contributed by atoms with E-state index in [-0.39, 0.29) is 6.42 Å². The highest BCUT2D eigenvalue weighted by atomic mass is 19.4. The maximum atomic E-state index is 11.6. The van der Waals surface area contributed by atoms with Gasteiger partial charge in [0.05, 0.1) is 12.6 Å². The Bertz CT molecular complexity index is 240. The summed E-state index contributed by atoms with van der Waals surface area (Å²) < 4.78 is 38.7. The van der Waals surface area contributed by atoms with Gasteiger partial charge >= 0.3 is 12.1 Å². The molecule has 2 N–H and O–H groups in total. The molecule has 0 rings (SSSR count). The third-order valence-corrected chi connectivity index (χ3v) is 1.67.